The minimum absolute atomic E-state index is 0.0396. The predicted octanol–water partition coefficient (Wildman–Crippen LogP) is 1.26. The molecule has 0 spiro atoms. The molecular formula is C16H20ClNO6S. The number of carbonyl (C=O) groups excluding carboxylic acids is 2. The molecule has 0 aromatic heterocycles. The van der Waals surface area contributed by atoms with E-state index in [1.807, 2.05) is 6.92 Å². The van der Waals surface area contributed by atoms with Crippen molar-refractivity contribution in [3.63, 3.8) is 0 Å². The van der Waals surface area contributed by atoms with Gasteiger partial charge in [0.05, 0.1) is 17.0 Å². The molecule has 1 fully saturated rings. The number of amides is 1. The van der Waals surface area contributed by atoms with E-state index in [9.17, 15) is 18.0 Å². The smallest absolute Gasteiger partial charge is 0.344 e. The van der Waals surface area contributed by atoms with Gasteiger partial charge in [0.1, 0.15) is 5.75 Å². The third-order valence-electron chi connectivity index (χ3n) is 3.79. The Morgan fingerprint density at radius 2 is 2.04 bits per heavy atom. The molecule has 1 aliphatic rings. The fourth-order valence-electron chi connectivity index (χ4n) is 2.52. The summed E-state index contributed by atoms with van der Waals surface area (Å²) in [6, 6.07) is 4.96. The third-order valence-corrected chi connectivity index (χ3v) is 6.12. The van der Waals surface area contributed by atoms with Crippen LogP contribution in [0.4, 0.5) is 0 Å². The second-order valence-electron chi connectivity index (χ2n) is 6.31. The van der Waals surface area contributed by atoms with Gasteiger partial charge >= 0.3 is 5.97 Å². The first-order chi connectivity index (χ1) is 11.6. The molecule has 25 heavy (non-hydrogen) atoms. The van der Waals surface area contributed by atoms with E-state index in [0.717, 1.165) is 5.56 Å². The molecule has 0 saturated carbocycles. The molecule has 1 aliphatic heterocycles. The first kappa shape index (κ1) is 19.5. The minimum atomic E-state index is -3.13. The van der Waals surface area contributed by atoms with E-state index in [0.29, 0.717) is 17.2 Å². The second kappa shape index (κ2) is 7.61. The lowest BCUT2D eigenvalue weighted by Crippen LogP contribution is -2.48. The molecule has 0 bridgehead atoms. The lowest BCUT2D eigenvalue weighted by molar-refractivity contribution is -0.150. The quantitative estimate of drug-likeness (QED) is 0.735. The van der Waals surface area contributed by atoms with Crippen LogP contribution in [0.25, 0.3) is 0 Å². The van der Waals surface area contributed by atoms with Crippen LogP contribution in [0.5, 0.6) is 5.75 Å². The number of hydrogen-bond acceptors (Lipinski definition) is 6. The van der Waals surface area contributed by atoms with Gasteiger partial charge in [0, 0.05) is 5.02 Å². The maximum Gasteiger partial charge on any atom is 0.344 e. The minimum Gasteiger partial charge on any atom is -0.482 e. The molecule has 1 saturated heterocycles. The number of ether oxygens (including phenoxy) is 2. The average molecular weight is 390 g/mol. The van der Waals surface area contributed by atoms with E-state index >= 15 is 0 Å². The molecule has 138 valence electrons. The van der Waals surface area contributed by atoms with Crippen LogP contribution in [-0.4, -0.2) is 50.6 Å². The van der Waals surface area contributed by atoms with Crippen LogP contribution < -0.4 is 10.1 Å². The monoisotopic (exact) mass is 389 g/mol. The van der Waals surface area contributed by atoms with Crippen LogP contribution in [-0.2, 0) is 24.2 Å². The summed E-state index contributed by atoms with van der Waals surface area (Å²) in [5, 5.41) is 3.19. The Hall–Kier alpha value is -1.80. The lowest BCUT2D eigenvalue weighted by atomic mass is 10.0. The first-order valence-electron chi connectivity index (χ1n) is 7.65. The van der Waals surface area contributed by atoms with Crippen molar-refractivity contribution in [1.82, 2.24) is 5.32 Å². The van der Waals surface area contributed by atoms with Crippen molar-refractivity contribution in [3.8, 4) is 5.75 Å². The molecule has 1 N–H and O–H groups in total. The highest BCUT2D eigenvalue weighted by Gasteiger charge is 2.39. The van der Waals surface area contributed by atoms with E-state index in [1.165, 1.54) is 0 Å². The highest BCUT2D eigenvalue weighted by molar-refractivity contribution is 7.91. The number of benzene rings is 1. The zero-order valence-corrected chi connectivity index (χ0v) is 15.6. The Labute approximate surface area is 151 Å². The summed E-state index contributed by atoms with van der Waals surface area (Å²) >= 11 is 5.90. The molecule has 1 amide bonds. The summed E-state index contributed by atoms with van der Waals surface area (Å²) < 4.78 is 33.1. The summed E-state index contributed by atoms with van der Waals surface area (Å²) in [5.41, 5.74) is -0.00805. The average Bonchev–Trinajstić information content (AvgIpc) is 2.79. The van der Waals surface area contributed by atoms with Crippen LogP contribution in [0.2, 0.25) is 5.02 Å². The van der Waals surface area contributed by atoms with Crippen LogP contribution in [0.1, 0.15) is 18.9 Å². The van der Waals surface area contributed by atoms with Crippen molar-refractivity contribution < 1.29 is 27.5 Å². The van der Waals surface area contributed by atoms with Crippen molar-refractivity contribution in [1.29, 1.82) is 0 Å². The summed E-state index contributed by atoms with van der Waals surface area (Å²) in [5.74, 6) is -0.856. The number of sulfone groups is 1. The standard InChI is InChI=1S/C16H20ClNO6S/c1-11-7-12(3-4-13(11)17)23-9-15(20)24-8-14(19)18-16(2)5-6-25(21,22)10-16/h3-4,7H,5-6,8-10H2,1-2H3,(H,18,19)/t16-/m1/s1. The van der Waals surface area contributed by atoms with Gasteiger partial charge in [0.25, 0.3) is 5.91 Å². The van der Waals surface area contributed by atoms with Crippen LogP contribution in [0.3, 0.4) is 0 Å². The van der Waals surface area contributed by atoms with Crippen molar-refractivity contribution in [2.45, 2.75) is 25.8 Å². The Kier molecular flexibility index (Phi) is 5.95. The summed E-state index contributed by atoms with van der Waals surface area (Å²) in [7, 11) is -3.13. The fourth-order valence-corrected chi connectivity index (χ4v) is 4.73. The Morgan fingerprint density at radius 1 is 1.32 bits per heavy atom. The maximum atomic E-state index is 11.8. The molecule has 1 atom stereocenters. The third kappa shape index (κ3) is 5.89. The van der Waals surface area contributed by atoms with E-state index < -0.39 is 33.9 Å². The summed E-state index contributed by atoms with van der Waals surface area (Å²) in [4.78, 5) is 23.5. The largest absolute Gasteiger partial charge is 0.482 e. The zero-order chi connectivity index (χ0) is 18.7. The Morgan fingerprint density at radius 3 is 2.64 bits per heavy atom. The molecule has 9 heteroatoms. The lowest BCUT2D eigenvalue weighted by Gasteiger charge is -2.23. The number of aryl methyl sites for hydroxylation is 1. The number of rotatable bonds is 6. The molecule has 1 aromatic rings. The van der Waals surface area contributed by atoms with Crippen molar-refractivity contribution in [3.05, 3.63) is 28.8 Å². The van der Waals surface area contributed by atoms with Gasteiger partial charge in [-0.1, -0.05) is 11.6 Å². The number of carbonyl (C=O) groups is 2. The summed E-state index contributed by atoms with van der Waals surface area (Å²) in [6.07, 6.45) is 0.341. The van der Waals surface area contributed by atoms with Gasteiger partial charge in [-0.05, 0) is 44.0 Å². The van der Waals surface area contributed by atoms with E-state index in [1.54, 1.807) is 25.1 Å². The van der Waals surface area contributed by atoms with Crippen LogP contribution >= 0.6 is 11.6 Å². The predicted molar refractivity (Wildman–Crippen MR) is 92.5 cm³/mol. The van der Waals surface area contributed by atoms with Gasteiger partial charge in [-0.2, -0.15) is 0 Å². The Bertz CT molecular complexity index is 779. The van der Waals surface area contributed by atoms with Gasteiger partial charge < -0.3 is 14.8 Å². The van der Waals surface area contributed by atoms with E-state index in [2.05, 4.69) is 5.32 Å². The molecule has 0 aliphatic carbocycles. The van der Waals surface area contributed by atoms with Gasteiger partial charge in [0.15, 0.2) is 23.1 Å². The van der Waals surface area contributed by atoms with E-state index in [-0.39, 0.29) is 18.1 Å². The van der Waals surface area contributed by atoms with E-state index in [4.69, 9.17) is 21.1 Å². The molecule has 1 aromatic carbocycles. The number of halogens is 1. The van der Waals surface area contributed by atoms with Crippen LogP contribution in [0.15, 0.2) is 18.2 Å². The Balaban J connectivity index is 1.74. The van der Waals surface area contributed by atoms with Crippen molar-refractivity contribution in [2.75, 3.05) is 24.7 Å². The zero-order valence-electron chi connectivity index (χ0n) is 14.0. The number of hydrogen-bond donors (Lipinski definition) is 1. The second-order valence-corrected chi connectivity index (χ2v) is 8.90. The van der Waals surface area contributed by atoms with Gasteiger partial charge in [-0.25, -0.2) is 13.2 Å². The van der Waals surface area contributed by atoms with Gasteiger partial charge in [-0.3, -0.25) is 4.79 Å². The normalized spacial score (nSPS) is 21.6. The molecule has 1 heterocycles. The topological polar surface area (TPSA) is 98.8 Å². The van der Waals surface area contributed by atoms with Crippen molar-refractivity contribution in [2.24, 2.45) is 0 Å². The molecule has 0 radical (unpaired) electrons. The number of esters is 1. The van der Waals surface area contributed by atoms with Crippen LogP contribution in [0, 0.1) is 6.92 Å². The highest BCUT2D eigenvalue weighted by Crippen LogP contribution is 2.23. The van der Waals surface area contributed by atoms with Gasteiger partial charge in [-0.15, -0.1) is 0 Å². The molecular weight excluding hydrogens is 370 g/mol. The van der Waals surface area contributed by atoms with Gasteiger partial charge in [0.2, 0.25) is 0 Å². The SMILES string of the molecule is Cc1cc(OCC(=O)OCC(=O)N[C@]2(C)CCS(=O)(=O)C2)ccc1Cl. The first-order valence-corrected chi connectivity index (χ1v) is 9.85. The number of nitrogens with one attached hydrogen (secondary N) is 1. The molecule has 0 unspecified atom stereocenters. The summed E-state index contributed by atoms with van der Waals surface area (Å²) in [6.45, 7) is 2.63. The fraction of sp³-hybridized carbons (Fsp3) is 0.500. The maximum absolute atomic E-state index is 11.8. The molecule has 7 nitrogen and oxygen atoms in total. The highest BCUT2D eigenvalue weighted by atomic mass is 35.5. The van der Waals surface area contributed by atoms with Crippen molar-refractivity contribution >= 4 is 33.3 Å². The molecule has 2 rings (SSSR count).